The Hall–Kier alpha value is -6.18. The number of hydrogen-bond donors (Lipinski definition) is 0. The summed E-state index contributed by atoms with van der Waals surface area (Å²) >= 11 is 0. The van der Waals surface area contributed by atoms with Crippen LogP contribution in [0.15, 0.2) is 182 Å². The highest BCUT2D eigenvalue weighted by Gasteiger charge is 2.26. The molecular weight excluding hydrogens is 663 g/mol. The van der Waals surface area contributed by atoms with Crippen molar-refractivity contribution in [3.63, 3.8) is 0 Å². The standard InChI is InChI=1S/C54H45N/c1-5-17-38(18-6-1)39-29-31-41(32-30-39)50-37-51(40-19-7-2-8-20-40)53-48-27-15-13-25-46(48)47-26-14-16-28-49(47)54(53)52(50)42-33-35-45(36-34-42)55(43-21-9-3-10-22-43)44-23-11-4-12-24-44/h1-3,5-11,14-24,26-28,31,33-37,39H,4,12-13,25,29-30,32H2. The van der Waals surface area contributed by atoms with Crippen molar-refractivity contribution in [2.45, 2.75) is 50.9 Å². The molecule has 0 heterocycles. The minimum atomic E-state index is 0.548. The summed E-state index contributed by atoms with van der Waals surface area (Å²) in [7, 11) is 0. The van der Waals surface area contributed by atoms with Crippen molar-refractivity contribution >= 4 is 44.6 Å². The average Bonchev–Trinajstić information content (AvgIpc) is 3.28. The van der Waals surface area contributed by atoms with E-state index in [1.54, 1.807) is 0 Å². The first-order chi connectivity index (χ1) is 27.3. The van der Waals surface area contributed by atoms with Crippen LogP contribution in [0.25, 0.3) is 55.4 Å². The molecule has 55 heavy (non-hydrogen) atoms. The third-order valence-electron chi connectivity index (χ3n) is 12.1. The van der Waals surface area contributed by atoms with Crippen LogP contribution in [-0.2, 0) is 6.42 Å². The van der Waals surface area contributed by atoms with E-state index in [-0.39, 0.29) is 0 Å². The van der Waals surface area contributed by atoms with Crippen LogP contribution in [0, 0.1) is 0 Å². The molecule has 0 saturated carbocycles. The Kier molecular flexibility index (Phi) is 8.85. The van der Waals surface area contributed by atoms with E-state index in [4.69, 9.17) is 0 Å². The molecule has 7 aromatic carbocycles. The summed E-state index contributed by atoms with van der Waals surface area (Å²) in [4.78, 5) is 2.40. The van der Waals surface area contributed by atoms with Crippen molar-refractivity contribution in [1.82, 2.24) is 0 Å². The van der Waals surface area contributed by atoms with E-state index in [0.29, 0.717) is 5.92 Å². The third-order valence-corrected chi connectivity index (χ3v) is 12.1. The summed E-state index contributed by atoms with van der Waals surface area (Å²) in [6, 6.07) is 54.3. The van der Waals surface area contributed by atoms with E-state index in [9.17, 15) is 0 Å². The fraction of sp³-hybridized carbons (Fsp3) is 0.148. The molecule has 0 aliphatic heterocycles. The number of rotatable bonds is 7. The van der Waals surface area contributed by atoms with Gasteiger partial charge in [-0.1, -0.05) is 146 Å². The summed E-state index contributed by atoms with van der Waals surface area (Å²) in [5.74, 6) is 0.548. The Labute approximate surface area is 325 Å². The highest BCUT2D eigenvalue weighted by atomic mass is 15.1. The van der Waals surface area contributed by atoms with Crippen LogP contribution in [0.4, 0.5) is 11.4 Å². The number of aryl methyl sites for hydroxylation is 1. The Morgan fingerprint density at radius 2 is 1.20 bits per heavy atom. The first-order valence-electron chi connectivity index (χ1n) is 20.1. The predicted octanol–water partition coefficient (Wildman–Crippen LogP) is 15.0. The van der Waals surface area contributed by atoms with Gasteiger partial charge in [0.1, 0.15) is 0 Å². The normalized spacial score (nSPS) is 16.5. The maximum Gasteiger partial charge on any atom is 0.0461 e. The lowest BCUT2D eigenvalue weighted by molar-refractivity contribution is 0.626. The van der Waals surface area contributed by atoms with Gasteiger partial charge in [-0.15, -0.1) is 0 Å². The number of allylic oxidation sites excluding steroid dienone is 6. The number of anilines is 2. The number of para-hydroxylation sites is 1. The molecule has 1 atom stereocenters. The largest absolute Gasteiger partial charge is 0.311 e. The van der Waals surface area contributed by atoms with E-state index in [0.717, 1.165) is 44.9 Å². The van der Waals surface area contributed by atoms with Crippen molar-refractivity contribution in [2.75, 3.05) is 4.90 Å². The number of nitrogens with zero attached hydrogens (tertiary/aromatic N) is 1. The SMILES string of the molecule is C1=CC(N(c2ccccc2)c2ccc(-c3c(C4=CCC(c5ccccc5)CC4)cc(-c4ccccc4)c4c5c(c6ccccc6c34)CCC=C5)cc2)=CCC1. The zero-order chi connectivity index (χ0) is 36.6. The minimum absolute atomic E-state index is 0.548. The van der Waals surface area contributed by atoms with E-state index in [1.165, 1.54) is 88.7 Å². The van der Waals surface area contributed by atoms with Crippen molar-refractivity contribution in [3.8, 4) is 22.3 Å². The van der Waals surface area contributed by atoms with E-state index in [2.05, 4.69) is 187 Å². The molecule has 0 bridgehead atoms. The van der Waals surface area contributed by atoms with E-state index >= 15 is 0 Å². The van der Waals surface area contributed by atoms with Crippen molar-refractivity contribution < 1.29 is 0 Å². The molecule has 0 radical (unpaired) electrons. The van der Waals surface area contributed by atoms with Gasteiger partial charge < -0.3 is 4.90 Å². The van der Waals surface area contributed by atoms with Gasteiger partial charge in [-0.2, -0.15) is 0 Å². The molecule has 1 heteroatoms. The van der Waals surface area contributed by atoms with Gasteiger partial charge in [-0.3, -0.25) is 0 Å². The third kappa shape index (κ3) is 6.15. The second-order valence-electron chi connectivity index (χ2n) is 15.3. The van der Waals surface area contributed by atoms with Gasteiger partial charge >= 0.3 is 0 Å². The monoisotopic (exact) mass is 707 g/mol. The molecule has 7 aromatic rings. The number of benzene rings is 7. The van der Waals surface area contributed by atoms with Gasteiger partial charge in [0.15, 0.2) is 0 Å². The molecule has 1 unspecified atom stereocenters. The predicted molar refractivity (Wildman–Crippen MR) is 236 cm³/mol. The second-order valence-corrected chi connectivity index (χ2v) is 15.3. The fourth-order valence-electron chi connectivity index (χ4n) is 9.45. The molecule has 0 amide bonds. The zero-order valence-corrected chi connectivity index (χ0v) is 31.3. The van der Waals surface area contributed by atoms with Crippen LogP contribution in [-0.4, -0.2) is 0 Å². The fourth-order valence-corrected chi connectivity index (χ4v) is 9.45. The van der Waals surface area contributed by atoms with Gasteiger partial charge in [0.25, 0.3) is 0 Å². The van der Waals surface area contributed by atoms with Crippen LogP contribution in [0.5, 0.6) is 0 Å². The summed E-state index contributed by atoms with van der Waals surface area (Å²) < 4.78 is 0. The Balaban J connectivity index is 1.24. The summed E-state index contributed by atoms with van der Waals surface area (Å²) in [5, 5.41) is 5.48. The molecule has 266 valence electrons. The van der Waals surface area contributed by atoms with Crippen LogP contribution in [0.3, 0.4) is 0 Å². The molecule has 0 fully saturated rings. The average molecular weight is 708 g/mol. The molecule has 3 aliphatic rings. The quantitative estimate of drug-likeness (QED) is 0.149. The van der Waals surface area contributed by atoms with Crippen molar-refractivity contribution in [3.05, 3.63) is 204 Å². The van der Waals surface area contributed by atoms with Crippen molar-refractivity contribution in [2.24, 2.45) is 0 Å². The molecule has 1 nitrogen and oxygen atoms in total. The van der Waals surface area contributed by atoms with E-state index < -0.39 is 0 Å². The minimum Gasteiger partial charge on any atom is -0.311 e. The first kappa shape index (κ1) is 33.4. The smallest absolute Gasteiger partial charge is 0.0461 e. The highest BCUT2D eigenvalue weighted by molar-refractivity contribution is 6.24. The number of fused-ring (bicyclic) bond motifs is 6. The Bertz CT molecular complexity index is 2640. The van der Waals surface area contributed by atoms with Gasteiger partial charge in [0.2, 0.25) is 0 Å². The molecule has 0 spiro atoms. The summed E-state index contributed by atoms with van der Waals surface area (Å²) in [5.41, 5.74) is 16.0. The first-order valence-corrected chi connectivity index (χ1v) is 20.1. The topological polar surface area (TPSA) is 3.24 Å². The highest BCUT2D eigenvalue weighted by Crippen LogP contribution is 2.50. The zero-order valence-electron chi connectivity index (χ0n) is 31.3. The lowest BCUT2D eigenvalue weighted by atomic mass is 9.76. The molecule has 0 aromatic heterocycles. The summed E-state index contributed by atoms with van der Waals surface area (Å²) in [6.45, 7) is 0. The van der Waals surface area contributed by atoms with Crippen LogP contribution in [0.1, 0.15) is 66.7 Å². The lowest BCUT2D eigenvalue weighted by Crippen LogP contribution is -2.16. The molecule has 10 rings (SSSR count). The van der Waals surface area contributed by atoms with Gasteiger partial charge in [-0.05, 0) is 159 Å². The van der Waals surface area contributed by atoms with E-state index in [1.807, 2.05) is 0 Å². The molecule has 0 saturated heterocycles. The maximum absolute atomic E-state index is 2.56. The van der Waals surface area contributed by atoms with Crippen LogP contribution < -0.4 is 4.90 Å². The second kappa shape index (κ2) is 14.6. The summed E-state index contributed by atoms with van der Waals surface area (Å²) in [6.07, 6.45) is 21.9. The Morgan fingerprint density at radius 3 is 1.93 bits per heavy atom. The Morgan fingerprint density at radius 1 is 0.509 bits per heavy atom. The molecular formula is C54H45N. The lowest BCUT2D eigenvalue weighted by Gasteiger charge is -2.29. The van der Waals surface area contributed by atoms with Crippen LogP contribution >= 0.6 is 0 Å². The molecule has 3 aliphatic carbocycles. The maximum atomic E-state index is 2.56. The van der Waals surface area contributed by atoms with Gasteiger partial charge in [-0.25, -0.2) is 0 Å². The van der Waals surface area contributed by atoms with Crippen molar-refractivity contribution in [1.29, 1.82) is 0 Å². The van der Waals surface area contributed by atoms with Gasteiger partial charge in [0, 0.05) is 17.1 Å². The van der Waals surface area contributed by atoms with Crippen LogP contribution in [0.2, 0.25) is 0 Å². The molecule has 0 N–H and O–H groups in total. The van der Waals surface area contributed by atoms with Gasteiger partial charge in [0.05, 0.1) is 0 Å². The number of hydrogen-bond acceptors (Lipinski definition) is 1.